The van der Waals surface area contributed by atoms with Gasteiger partial charge in [0.25, 0.3) is 0 Å². The van der Waals surface area contributed by atoms with Crippen LogP contribution < -0.4 is 22.1 Å². The molecule has 56 heavy (non-hydrogen) atoms. The van der Waals surface area contributed by atoms with Crippen molar-refractivity contribution in [1.82, 2.24) is 10.6 Å². The first-order chi connectivity index (χ1) is 26.3. The molecule has 12 nitrogen and oxygen atoms in total. The molecule has 5 rings (SSSR count). The fraction of sp³-hybridized carbons (Fsp3) is 0.841. The van der Waals surface area contributed by atoms with Crippen LogP contribution in [0.5, 0.6) is 0 Å². The van der Waals surface area contributed by atoms with Gasteiger partial charge in [-0.3, -0.25) is 14.4 Å². The molecular weight excluding hydrogens is 713 g/mol. The number of hydrogen-bond donors (Lipinski definition) is 6. The van der Waals surface area contributed by atoms with Crippen LogP contribution in [-0.2, 0) is 28.7 Å². The molecule has 0 aromatic rings. The third kappa shape index (κ3) is 7.32. The van der Waals surface area contributed by atoms with E-state index in [-0.39, 0.29) is 64.1 Å². The Labute approximate surface area is 334 Å². The molecule has 0 heterocycles. The maximum absolute atomic E-state index is 14.6. The Morgan fingerprint density at radius 3 is 1.84 bits per heavy atom. The van der Waals surface area contributed by atoms with Crippen LogP contribution in [0.1, 0.15) is 144 Å². The summed E-state index contributed by atoms with van der Waals surface area (Å²) in [5.74, 6) is -2.51. The number of carboxylic acids is 2. The first-order valence-corrected chi connectivity index (χ1v) is 21.6. The minimum absolute atomic E-state index is 0.0449. The van der Waals surface area contributed by atoms with E-state index in [2.05, 4.69) is 44.9 Å². The Balaban J connectivity index is 1.48. The van der Waals surface area contributed by atoms with E-state index in [9.17, 15) is 34.2 Å². The number of ether oxygens (including phenoxy) is 1. The Kier molecular flexibility index (Phi) is 13.2. The summed E-state index contributed by atoms with van der Waals surface area (Å²) in [5, 5.41) is 26.2. The topological polar surface area (TPSA) is 211 Å². The van der Waals surface area contributed by atoms with Crippen molar-refractivity contribution in [2.45, 2.75) is 162 Å². The van der Waals surface area contributed by atoms with Gasteiger partial charge in [-0.1, -0.05) is 32.9 Å². The third-order valence-electron chi connectivity index (χ3n) is 17.0. The highest BCUT2D eigenvalue weighted by Gasteiger charge is 2.73. The van der Waals surface area contributed by atoms with Gasteiger partial charge in [0.05, 0.1) is 10.8 Å². The number of esters is 1. The number of carbonyl (C=O) groups is 5. The Hall–Kier alpha value is -2.99. The molecule has 5 saturated carbocycles. The standard InChI is InChI=1S/C44H72N4O8/c1-26(2)28-16-21-44(39(55)48-31(37(52)53)13-9-11-25-46)23-22-41(5)29(35(28)44)14-15-32-40(4)19-18-34(56-27(3)49)43(7,33(40)17-20-42(32,41)6)38(54)47-30(36(50)51)12-8-10-24-45/h28-35H,1,8-25,45-46H2,2-7H3,(H,47,54)(H,48,55)(H,50,51)(H,52,53)/t28-,29+,30-,31-,32+,33+,34+,35+,40+,41+,42+,43-,44-/m0/s1. The molecule has 5 aliphatic carbocycles. The minimum Gasteiger partial charge on any atom is -0.480 e. The van der Waals surface area contributed by atoms with Crippen LogP contribution in [0.2, 0.25) is 0 Å². The van der Waals surface area contributed by atoms with E-state index in [0.29, 0.717) is 58.0 Å². The highest BCUT2D eigenvalue weighted by Crippen LogP contribution is 2.77. The summed E-state index contributed by atoms with van der Waals surface area (Å²) in [4.78, 5) is 66.4. The van der Waals surface area contributed by atoms with Crippen molar-refractivity contribution in [3.8, 4) is 0 Å². The maximum atomic E-state index is 14.6. The zero-order valence-corrected chi connectivity index (χ0v) is 35.1. The summed E-state index contributed by atoms with van der Waals surface area (Å²) in [6.07, 6.45) is 10.3. The third-order valence-corrected chi connectivity index (χ3v) is 17.0. The Bertz CT molecular complexity index is 1540. The second-order valence-corrected chi connectivity index (χ2v) is 19.6. The molecule has 0 aromatic heterocycles. The number of unbranched alkanes of at least 4 members (excludes halogenated alkanes) is 2. The fourth-order valence-electron chi connectivity index (χ4n) is 14.0. The largest absolute Gasteiger partial charge is 0.480 e. The van der Waals surface area contributed by atoms with Crippen molar-refractivity contribution in [3.63, 3.8) is 0 Å². The molecule has 0 aromatic carbocycles. The predicted molar refractivity (Wildman–Crippen MR) is 214 cm³/mol. The molecule has 0 bridgehead atoms. The second kappa shape index (κ2) is 16.7. The predicted octanol–water partition coefficient (Wildman–Crippen LogP) is 5.95. The highest BCUT2D eigenvalue weighted by molar-refractivity contribution is 5.89. The summed E-state index contributed by atoms with van der Waals surface area (Å²) in [6, 6.07) is -2.01. The smallest absolute Gasteiger partial charge is 0.326 e. The Morgan fingerprint density at radius 2 is 1.30 bits per heavy atom. The first kappa shape index (κ1) is 44.1. The molecule has 0 saturated heterocycles. The highest BCUT2D eigenvalue weighted by atomic mass is 16.5. The summed E-state index contributed by atoms with van der Waals surface area (Å²) in [7, 11) is 0. The quantitative estimate of drug-likeness (QED) is 0.0615. The number of amides is 2. The normalized spacial score (nSPS) is 39.7. The number of carboxylic acid groups (broad SMARTS) is 2. The lowest BCUT2D eigenvalue weighted by molar-refractivity contribution is -0.249. The molecule has 13 atom stereocenters. The van der Waals surface area contributed by atoms with Crippen LogP contribution in [0.15, 0.2) is 12.2 Å². The fourth-order valence-corrected chi connectivity index (χ4v) is 14.0. The van der Waals surface area contributed by atoms with Gasteiger partial charge >= 0.3 is 17.9 Å². The van der Waals surface area contributed by atoms with Gasteiger partial charge < -0.3 is 37.1 Å². The van der Waals surface area contributed by atoms with E-state index in [1.165, 1.54) is 6.92 Å². The van der Waals surface area contributed by atoms with Crippen molar-refractivity contribution < 1.29 is 38.9 Å². The van der Waals surface area contributed by atoms with Gasteiger partial charge in [-0.25, -0.2) is 9.59 Å². The number of nitrogens with one attached hydrogen (secondary N) is 2. The lowest BCUT2D eigenvalue weighted by Gasteiger charge is -2.72. The maximum Gasteiger partial charge on any atom is 0.326 e. The van der Waals surface area contributed by atoms with Gasteiger partial charge in [-0.15, -0.1) is 0 Å². The molecule has 5 aliphatic rings. The lowest BCUT2D eigenvalue weighted by atomic mass is 9.32. The van der Waals surface area contributed by atoms with E-state index in [1.54, 1.807) is 0 Å². The molecule has 316 valence electrons. The number of allylic oxidation sites excluding steroid dienone is 1. The average Bonchev–Trinajstić information content (AvgIpc) is 3.53. The van der Waals surface area contributed by atoms with Crippen molar-refractivity contribution >= 4 is 29.7 Å². The molecule has 2 amide bonds. The summed E-state index contributed by atoms with van der Waals surface area (Å²) in [5.41, 5.74) is 10.1. The number of aliphatic carboxylic acids is 2. The average molecular weight is 785 g/mol. The molecule has 0 unspecified atom stereocenters. The molecule has 0 spiro atoms. The monoisotopic (exact) mass is 785 g/mol. The minimum atomic E-state index is -1.14. The number of nitrogens with two attached hydrogens (primary N) is 2. The van der Waals surface area contributed by atoms with E-state index in [4.69, 9.17) is 16.2 Å². The van der Waals surface area contributed by atoms with E-state index >= 15 is 0 Å². The molecule has 5 fully saturated rings. The summed E-state index contributed by atoms with van der Waals surface area (Å²) in [6.45, 7) is 17.9. The van der Waals surface area contributed by atoms with Crippen LogP contribution in [-0.4, -0.2) is 71.2 Å². The van der Waals surface area contributed by atoms with Crippen LogP contribution in [0.25, 0.3) is 0 Å². The summed E-state index contributed by atoms with van der Waals surface area (Å²) < 4.78 is 5.96. The van der Waals surface area contributed by atoms with Gasteiger partial charge in [0.1, 0.15) is 18.2 Å². The van der Waals surface area contributed by atoms with Gasteiger partial charge in [-0.2, -0.15) is 0 Å². The van der Waals surface area contributed by atoms with Gasteiger partial charge in [-0.05, 0) is 176 Å². The van der Waals surface area contributed by atoms with Crippen molar-refractivity contribution in [1.29, 1.82) is 0 Å². The lowest BCUT2D eigenvalue weighted by Crippen LogP contribution is -2.69. The van der Waals surface area contributed by atoms with Crippen molar-refractivity contribution in [2.75, 3.05) is 13.1 Å². The molecule has 0 radical (unpaired) electrons. The SMILES string of the molecule is C=C(C)[C@@H]1CC[C@]2(C(=O)N[C@@H](CCCCN)C(=O)O)CC[C@]3(C)[C@H](CC[C@@H]4[C@@]5(C)CC[C@@H](OC(C)=O)[C@@](C)(C(=O)N[C@@H](CCCCN)C(=O)O)[C@@H]5CC[C@]43C)[C@@H]12. The number of carbonyl (C=O) groups excluding carboxylic acids is 3. The number of fused-ring (bicyclic) bond motifs is 7. The van der Waals surface area contributed by atoms with Crippen molar-refractivity contribution in [2.24, 2.45) is 68.1 Å². The van der Waals surface area contributed by atoms with Gasteiger partial charge in [0.15, 0.2) is 0 Å². The molecule has 12 heteroatoms. The van der Waals surface area contributed by atoms with Gasteiger partial charge in [0.2, 0.25) is 11.8 Å². The first-order valence-electron chi connectivity index (χ1n) is 21.6. The van der Waals surface area contributed by atoms with Crippen LogP contribution in [0, 0.1) is 56.7 Å². The second-order valence-electron chi connectivity index (χ2n) is 19.6. The van der Waals surface area contributed by atoms with E-state index < -0.39 is 46.9 Å². The molecule has 0 aliphatic heterocycles. The number of hydrogen-bond acceptors (Lipinski definition) is 8. The molecular formula is C44H72N4O8. The van der Waals surface area contributed by atoms with E-state index in [0.717, 1.165) is 56.9 Å². The van der Waals surface area contributed by atoms with Gasteiger partial charge in [0, 0.05) is 6.92 Å². The zero-order valence-electron chi connectivity index (χ0n) is 35.1. The van der Waals surface area contributed by atoms with E-state index in [1.807, 2.05) is 6.92 Å². The zero-order chi connectivity index (χ0) is 41.4. The Morgan fingerprint density at radius 1 is 0.714 bits per heavy atom. The summed E-state index contributed by atoms with van der Waals surface area (Å²) >= 11 is 0. The van der Waals surface area contributed by atoms with Crippen LogP contribution in [0.3, 0.4) is 0 Å². The van der Waals surface area contributed by atoms with Crippen LogP contribution in [0.4, 0.5) is 0 Å². The van der Waals surface area contributed by atoms with Crippen LogP contribution >= 0.6 is 0 Å². The number of rotatable bonds is 16. The molecule has 8 N–H and O–H groups in total. The van der Waals surface area contributed by atoms with Crippen molar-refractivity contribution in [3.05, 3.63) is 12.2 Å².